The van der Waals surface area contributed by atoms with E-state index in [4.69, 9.17) is 15.2 Å². The zero-order chi connectivity index (χ0) is 14.3. The number of hydrogen-bond donors (Lipinski definition) is 2. The summed E-state index contributed by atoms with van der Waals surface area (Å²) in [6.07, 6.45) is 0. The molecule has 0 bridgehead atoms. The second-order valence-corrected chi connectivity index (χ2v) is 3.81. The van der Waals surface area contributed by atoms with Gasteiger partial charge in [-0.1, -0.05) is 18.2 Å². The number of carbonyl (C=O) groups excluding carboxylic acids is 2. The molecule has 0 heterocycles. The molecule has 0 aromatic heterocycles. The van der Waals surface area contributed by atoms with Crippen LogP contribution in [-0.4, -0.2) is 31.6 Å². The average Bonchev–Trinajstić information content (AvgIpc) is 2.40. The van der Waals surface area contributed by atoms with E-state index >= 15 is 0 Å². The predicted molar refractivity (Wildman–Crippen MR) is 70.4 cm³/mol. The standard InChI is InChI=1S/C13H18N2O4/c1-3-19-13(17)11(14)12(16)15-10-7-5-4-6-9(10)8-18-2/h4-7,11H,3,8,14H2,1-2H3,(H,15,16). The fourth-order valence-electron chi connectivity index (χ4n) is 1.47. The third-order valence-electron chi connectivity index (χ3n) is 2.40. The third-order valence-corrected chi connectivity index (χ3v) is 2.40. The highest BCUT2D eigenvalue weighted by molar-refractivity contribution is 6.08. The van der Waals surface area contributed by atoms with Crippen molar-refractivity contribution in [2.45, 2.75) is 19.6 Å². The molecule has 0 aliphatic rings. The molecule has 104 valence electrons. The molecule has 6 nitrogen and oxygen atoms in total. The predicted octanol–water partition coefficient (Wildman–Crippen LogP) is 0.662. The van der Waals surface area contributed by atoms with Crippen molar-refractivity contribution in [3.8, 4) is 0 Å². The Morgan fingerprint density at radius 1 is 1.37 bits per heavy atom. The summed E-state index contributed by atoms with van der Waals surface area (Å²) in [6, 6.07) is 5.79. The lowest BCUT2D eigenvalue weighted by Crippen LogP contribution is -2.43. The van der Waals surface area contributed by atoms with Gasteiger partial charge in [-0.2, -0.15) is 0 Å². The summed E-state index contributed by atoms with van der Waals surface area (Å²) in [4.78, 5) is 23.2. The molecule has 1 unspecified atom stereocenters. The van der Waals surface area contributed by atoms with Gasteiger partial charge in [0.25, 0.3) is 5.91 Å². The Balaban J connectivity index is 2.73. The topological polar surface area (TPSA) is 90.7 Å². The van der Waals surface area contributed by atoms with E-state index in [0.29, 0.717) is 12.3 Å². The van der Waals surface area contributed by atoms with Crippen LogP contribution in [0.25, 0.3) is 0 Å². The second kappa shape index (κ2) is 7.50. The summed E-state index contributed by atoms with van der Waals surface area (Å²) in [5.74, 6) is -1.36. The first-order valence-electron chi connectivity index (χ1n) is 5.90. The first kappa shape index (κ1) is 15.1. The summed E-state index contributed by atoms with van der Waals surface area (Å²) in [5, 5.41) is 2.59. The average molecular weight is 266 g/mol. The van der Waals surface area contributed by atoms with Crippen LogP contribution in [0.5, 0.6) is 0 Å². The molecule has 0 radical (unpaired) electrons. The molecule has 19 heavy (non-hydrogen) atoms. The Kier molecular flexibility index (Phi) is 5.98. The summed E-state index contributed by atoms with van der Waals surface area (Å²) in [5.41, 5.74) is 6.87. The van der Waals surface area contributed by atoms with Crippen molar-refractivity contribution in [1.82, 2.24) is 0 Å². The molecular formula is C13H18N2O4. The summed E-state index contributed by atoms with van der Waals surface area (Å²) in [7, 11) is 1.56. The Morgan fingerprint density at radius 2 is 2.05 bits per heavy atom. The number of benzene rings is 1. The zero-order valence-electron chi connectivity index (χ0n) is 11.0. The molecule has 0 fully saturated rings. The molecule has 1 aromatic carbocycles. The largest absolute Gasteiger partial charge is 0.464 e. The number of nitrogens with two attached hydrogens (primary N) is 1. The van der Waals surface area contributed by atoms with E-state index in [2.05, 4.69) is 5.32 Å². The SMILES string of the molecule is CCOC(=O)C(N)C(=O)Nc1ccccc1COC. The normalized spacial score (nSPS) is 11.7. The van der Waals surface area contributed by atoms with Gasteiger partial charge >= 0.3 is 5.97 Å². The minimum Gasteiger partial charge on any atom is -0.464 e. The second-order valence-electron chi connectivity index (χ2n) is 3.81. The van der Waals surface area contributed by atoms with Crippen molar-refractivity contribution in [3.05, 3.63) is 29.8 Å². The van der Waals surface area contributed by atoms with Crippen LogP contribution in [0.4, 0.5) is 5.69 Å². The first-order valence-corrected chi connectivity index (χ1v) is 5.90. The molecule has 0 aliphatic carbocycles. The van der Waals surface area contributed by atoms with Gasteiger partial charge in [0.15, 0.2) is 6.04 Å². The van der Waals surface area contributed by atoms with Gasteiger partial charge in [0.2, 0.25) is 0 Å². The maximum Gasteiger partial charge on any atom is 0.332 e. The van der Waals surface area contributed by atoms with Gasteiger partial charge in [-0.05, 0) is 13.0 Å². The highest BCUT2D eigenvalue weighted by atomic mass is 16.5. The molecule has 0 saturated carbocycles. The fraction of sp³-hybridized carbons (Fsp3) is 0.385. The number of amides is 1. The highest BCUT2D eigenvalue weighted by Gasteiger charge is 2.23. The van der Waals surface area contributed by atoms with Crippen LogP contribution < -0.4 is 11.1 Å². The van der Waals surface area contributed by atoms with Crippen LogP contribution in [0.3, 0.4) is 0 Å². The Labute approximate surface area is 111 Å². The van der Waals surface area contributed by atoms with E-state index in [1.807, 2.05) is 12.1 Å². The number of anilines is 1. The smallest absolute Gasteiger partial charge is 0.332 e. The van der Waals surface area contributed by atoms with E-state index in [0.717, 1.165) is 5.56 Å². The molecule has 1 atom stereocenters. The lowest BCUT2D eigenvalue weighted by Gasteiger charge is -2.13. The molecule has 0 aliphatic heterocycles. The molecule has 1 aromatic rings. The lowest BCUT2D eigenvalue weighted by molar-refractivity contribution is -0.146. The van der Waals surface area contributed by atoms with Crippen LogP contribution in [0, 0.1) is 0 Å². The lowest BCUT2D eigenvalue weighted by atomic mass is 10.1. The van der Waals surface area contributed by atoms with Crippen molar-refractivity contribution < 1.29 is 19.1 Å². The van der Waals surface area contributed by atoms with Gasteiger partial charge in [-0.3, -0.25) is 4.79 Å². The highest BCUT2D eigenvalue weighted by Crippen LogP contribution is 2.15. The number of nitrogens with one attached hydrogen (secondary N) is 1. The van der Waals surface area contributed by atoms with Crippen molar-refractivity contribution in [2.24, 2.45) is 5.73 Å². The minimum absolute atomic E-state index is 0.181. The maximum atomic E-state index is 11.8. The number of carbonyl (C=O) groups is 2. The van der Waals surface area contributed by atoms with E-state index in [1.165, 1.54) is 0 Å². The number of para-hydroxylation sites is 1. The number of esters is 1. The van der Waals surface area contributed by atoms with Gasteiger partial charge < -0.3 is 20.5 Å². The van der Waals surface area contributed by atoms with Crippen LogP contribution in [0.2, 0.25) is 0 Å². The summed E-state index contributed by atoms with van der Waals surface area (Å²) < 4.78 is 9.71. The third kappa shape index (κ3) is 4.35. The van der Waals surface area contributed by atoms with Crippen molar-refractivity contribution in [2.75, 3.05) is 19.0 Å². The van der Waals surface area contributed by atoms with Crippen LogP contribution in [-0.2, 0) is 25.7 Å². The Bertz CT molecular complexity index is 448. The monoisotopic (exact) mass is 266 g/mol. The van der Waals surface area contributed by atoms with Gasteiger partial charge in [0.05, 0.1) is 13.2 Å². The number of methoxy groups -OCH3 is 1. The molecule has 6 heteroatoms. The maximum absolute atomic E-state index is 11.8. The van der Waals surface area contributed by atoms with E-state index in [1.54, 1.807) is 26.2 Å². The molecule has 1 amide bonds. The molecule has 0 spiro atoms. The van der Waals surface area contributed by atoms with Gasteiger partial charge in [0, 0.05) is 18.4 Å². The fourth-order valence-corrected chi connectivity index (χ4v) is 1.47. The van der Waals surface area contributed by atoms with Crippen molar-refractivity contribution in [1.29, 1.82) is 0 Å². The van der Waals surface area contributed by atoms with Crippen LogP contribution in [0.1, 0.15) is 12.5 Å². The number of ether oxygens (including phenoxy) is 2. The molecule has 1 rings (SSSR count). The summed E-state index contributed by atoms with van der Waals surface area (Å²) >= 11 is 0. The number of hydrogen-bond acceptors (Lipinski definition) is 5. The molecular weight excluding hydrogens is 248 g/mol. The van der Waals surface area contributed by atoms with Crippen LogP contribution in [0.15, 0.2) is 24.3 Å². The summed E-state index contributed by atoms with van der Waals surface area (Å²) in [6.45, 7) is 2.18. The Hall–Kier alpha value is -1.92. The number of rotatable bonds is 6. The zero-order valence-corrected chi connectivity index (χ0v) is 11.0. The van der Waals surface area contributed by atoms with Crippen molar-refractivity contribution in [3.63, 3.8) is 0 Å². The molecule has 0 saturated heterocycles. The van der Waals surface area contributed by atoms with Gasteiger partial charge in [-0.25, -0.2) is 4.79 Å². The minimum atomic E-state index is -1.34. The quantitative estimate of drug-likeness (QED) is 0.583. The van der Waals surface area contributed by atoms with E-state index in [-0.39, 0.29) is 6.61 Å². The van der Waals surface area contributed by atoms with E-state index in [9.17, 15) is 9.59 Å². The van der Waals surface area contributed by atoms with Gasteiger partial charge in [0.1, 0.15) is 0 Å². The van der Waals surface area contributed by atoms with Crippen LogP contribution >= 0.6 is 0 Å². The Morgan fingerprint density at radius 3 is 2.68 bits per heavy atom. The first-order chi connectivity index (χ1) is 9.10. The van der Waals surface area contributed by atoms with E-state index < -0.39 is 17.9 Å². The van der Waals surface area contributed by atoms with Gasteiger partial charge in [-0.15, -0.1) is 0 Å². The van der Waals surface area contributed by atoms with Crippen molar-refractivity contribution >= 4 is 17.6 Å². The molecule has 3 N–H and O–H groups in total.